The summed E-state index contributed by atoms with van der Waals surface area (Å²) in [6.45, 7) is 3.46. The van der Waals surface area contributed by atoms with Gasteiger partial charge in [0.2, 0.25) is 5.88 Å². The minimum atomic E-state index is -0.853. The molecule has 0 bridgehead atoms. The molecule has 0 saturated carbocycles. The van der Waals surface area contributed by atoms with Crippen LogP contribution >= 0.6 is 11.6 Å². The Bertz CT molecular complexity index is 983. The molecule has 3 rings (SSSR count). The highest BCUT2D eigenvalue weighted by Crippen LogP contribution is 2.28. The molecule has 6 nitrogen and oxygen atoms in total. The number of carbonyl (C=O) groups excluding carboxylic acids is 1. The zero-order chi connectivity index (χ0) is 19.4. The maximum atomic E-state index is 14.3. The first-order chi connectivity index (χ1) is 13.0. The van der Waals surface area contributed by atoms with Gasteiger partial charge in [0.15, 0.2) is 17.7 Å². The molecule has 3 aromatic rings. The van der Waals surface area contributed by atoms with Crippen molar-refractivity contribution in [3.8, 4) is 17.4 Å². The third-order valence-corrected chi connectivity index (χ3v) is 3.77. The average Bonchev–Trinajstić information content (AvgIpc) is 2.64. The second-order valence-electron chi connectivity index (χ2n) is 5.55. The van der Waals surface area contributed by atoms with Crippen LogP contribution < -0.4 is 9.47 Å². The number of hydrogen-bond donors (Lipinski definition) is 0. The molecule has 140 valence electrons. The number of carbonyl (C=O) groups is 1. The van der Waals surface area contributed by atoms with Crippen LogP contribution in [-0.2, 0) is 9.53 Å². The molecule has 0 radical (unpaired) electrons. The highest BCUT2D eigenvalue weighted by atomic mass is 35.5. The molecule has 2 aromatic carbocycles. The number of ether oxygens (including phenoxy) is 3. The lowest BCUT2D eigenvalue weighted by molar-refractivity contribution is -0.150. The van der Waals surface area contributed by atoms with Crippen LogP contribution in [0.5, 0.6) is 17.4 Å². The SMILES string of the molecule is CCOC(=O)C(C)Oc1ccc(Oc2cnc3cc(Cl)ccc3n2)c(F)c1. The van der Waals surface area contributed by atoms with Crippen LogP contribution in [0.15, 0.2) is 42.6 Å². The molecule has 0 spiro atoms. The maximum Gasteiger partial charge on any atom is 0.347 e. The van der Waals surface area contributed by atoms with Crippen molar-refractivity contribution in [2.75, 3.05) is 6.61 Å². The van der Waals surface area contributed by atoms with E-state index in [0.717, 1.165) is 6.07 Å². The molecule has 27 heavy (non-hydrogen) atoms. The molecule has 1 aromatic heterocycles. The molecule has 0 fully saturated rings. The molecule has 0 amide bonds. The summed E-state index contributed by atoms with van der Waals surface area (Å²) >= 11 is 5.91. The molecule has 8 heteroatoms. The Morgan fingerprint density at radius 1 is 1.22 bits per heavy atom. The number of esters is 1. The first kappa shape index (κ1) is 18.8. The van der Waals surface area contributed by atoms with Crippen molar-refractivity contribution in [2.45, 2.75) is 20.0 Å². The Morgan fingerprint density at radius 2 is 2.04 bits per heavy atom. The van der Waals surface area contributed by atoms with Gasteiger partial charge in [-0.2, -0.15) is 0 Å². The summed E-state index contributed by atoms with van der Waals surface area (Å²) in [5.41, 5.74) is 1.17. The van der Waals surface area contributed by atoms with Crippen molar-refractivity contribution in [1.82, 2.24) is 9.97 Å². The van der Waals surface area contributed by atoms with Crippen LogP contribution in [0.3, 0.4) is 0 Å². The number of rotatable bonds is 6. The average molecular weight is 391 g/mol. The van der Waals surface area contributed by atoms with E-state index in [1.165, 1.54) is 25.3 Å². The van der Waals surface area contributed by atoms with Gasteiger partial charge in [0.25, 0.3) is 0 Å². The Balaban J connectivity index is 1.74. The molecule has 0 saturated heterocycles. The van der Waals surface area contributed by atoms with Gasteiger partial charge < -0.3 is 14.2 Å². The molecular weight excluding hydrogens is 375 g/mol. The lowest BCUT2D eigenvalue weighted by atomic mass is 10.3. The van der Waals surface area contributed by atoms with Crippen LogP contribution in [-0.4, -0.2) is 28.6 Å². The maximum absolute atomic E-state index is 14.3. The monoisotopic (exact) mass is 390 g/mol. The largest absolute Gasteiger partial charge is 0.479 e. The van der Waals surface area contributed by atoms with E-state index >= 15 is 0 Å². The van der Waals surface area contributed by atoms with E-state index in [4.69, 9.17) is 25.8 Å². The van der Waals surface area contributed by atoms with Crippen molar-refractivity contribution < 1.29 is 23.4 Å². The van der Waals surface area contributed by atoms with Crippen molar-refractivity contribution in [3.05, 3.63) is 53.4 Å². The third kappa shape index (κ3) is 4.62. The Hall–Kier alpha value is -2.93. The summed E-state index contributed by atoms with van der Waals surface area (Å²) in [6, 6.07) is 9.05. The summed E-state index contributed by atoms with van der Waals surface area (Å²) in [7, 11) is 0. The van der Waals surface area contributed by atoms with Crippen LogP contribution in [0.4, 0.5) is 4.39 Å². The third-order valence-electron chi connectivity index (χ3n) is 3.53. The van der Waals surface area contributed by atoms with Crippen LogP contribution in [0.25, 0.3) is 11.0 Å². The number of hydrogen-bond acceptors (Lipinski definition) is 6. The number of aromatic nitrogens is 2. The second-order valence-corrected chi connectivity index (χ2v) is 5.98. The van der Waals surface area contributed by atoms with E-state index in [9.17, 15) is 9.18 Å². The lowest BCUT2D eigenvalue weighted by Crippen LogP contribution is -2.26. The number of benzene rings is 2. The van der Waals surface area contributed by atoms with Crippen molar-refractivity contribution in [2.24, 2.45) is 0 Å². The first-order valence-corrected chi connectivity index (χ1v) is 8.57. The predicted octanol–water partition coefficient (Wildman–Crippen LogP) is 4.55. The van der Waals surface area contributed by atoms with Crippen LogP contribution in [0.1, 0.15) is 13.8 Å². The number of fused-ring (bicyclic) bond motifs is 1. The summed E-state index contributed by atoms with van der Waals surface area (Å²) in [5.74, 6) is -0.919. The van der Waals surface area contributed by atoms with E-state index < -0.39 is 17.9 Å². The van der Waals surface area contributed by atoms with Gasteiger partial charge in [0, 0.05) is 11.1 Å². The van der Waals surface area contributed by atoms with E-state index in [-0.39, 0.29) is 24.0 Å². The zero-order valence-electron chi connectivity index (χ0n) is 14.6. The van der Waals surface area contributed by atoms with Crippen molar-refractivity contribution in [1.29, 1.82) is 0 Å². The number of nitrogens with zero attached hydrogens (tertiary/aromatic N) is 2. The molecule has 0 aliphatic carbocycles. The van der Waals surface area contributed by atoms with Crippen molar-refractivity contribution >= 4 is 28.6 Å². The van der Waals surface area contributed by atoms with Gasteiger partial charge in [-0.1, -0.05) is 11.6 Å². The quantitative estimate of drug-likeness (QED) is 0.575. The standard InChI is InChI=1S/C19H16ClFN2O4/c1-3-25-19(24)11(2)26-13-5-7-17(14(21)9-13)27-18-10-22-16-8-12(20)4-6-15(16)23-18/h4-11H,3H2,1-2H3. The molecule has 1 heterocycles. The van der Waals surface area contributed by atoms with Gasteiger partial charge in [-0.05, 0) is 44.2 Å². The summed E-state index contributed by atoms with van der Waals surface area (Å²) in [5, 5.41) is 0.546. The normalized spacial score (nSPS) is 11.9. The smallest absolute Gasteiger partial charge is 0.347 e. The second kappa shape index (κ2) is 8.18. The predicted molar refractivity (Wildman–Crippen MR) is 97.7 cm³/mol. The summed E-state index contributed by atoms with van der Waals surface area (Å²) < 4.78 is 30.0. The molecule has 1 atom stereocenters. The topological polar surface area (TPSA) is 70.5 Å². The molecular formula is C19H16ClFN2O4. The van der Waals surface area contributed by atoms with Gasteiger partial charge in [0.1, 0.15) is 5.75 Å². The summed E-state index contributed by atoms with van der Waals surface area (Å²) in [6.07, 6.45) is 0.528. The van der Waals surface area contributed by atoms with Crippen LogP contribution in [0.2, 0.25) is 5.02 Å². The first-order valence-electron chi connectivity index (χ1n) is 8.19. The molecule has 1 unspecified atom stereocenters. The zero-order valence-corrected chi connectivity index (χ0v) is 15.4. The molecule has 0 N–H and O–H groups in total. The fourth-order valence-electron chi connectivity index (χ4n) is 2.28. The van der Waals surface area contributed by atoms with E-state index in [1.807, 2.05) is 0 Å². The number of halogens is 2. The lowest BCUT2D eigenvalue weighted by Gasteiger charge is -2.14. The van der Waals surface area contributed by atoms with E-state index in [0.29, 0.717) is 16.1 Å². The fourth-order valence-corrected chi connectivity index (χ4v) is 2.44. The highest BCUT2D eigenvalue weighted by Gasteiger charge is 2.17. The molecule has 0 aliphatic rings. The highest BCUT2D eigenvalue weighted by molar-refractivity contribution is 6.31. The fraction of sp³-hybridized carbons (Fsp3) is 0.211. The van der Waals surface area contributed by atoms with Crippen molar-refractivity contribution in [3.63, 3.8) is 0 Å². The van der Waals surface area contributed by atoms with E-state index in [1.54, 1.807) is 25.1 Å². The van der Waals surface area contributed by atoms with Gasteiger partial charge in [0.05, 0.1) is 23.8 Å². The summed E-state index contributed by atoms with van der Waals surface area (Å²) in [4.78, 5) is 20.0. The van der Waals surface area contributed by atoms with Gasteiger partial charge in [-0.3, -0.25) is 0 Å². The van der Waals surface area contributed by atoms with Gasteiger partial charge in [-0.25, -0.2) is 19.2 Å². The van der Waals surface area contributed by atoms with Crippen LogP contribution in [0, 0.1) is 5.82 Å². The Kier molecular flexibility index (Phi) is 5.71. The van der Waals surface area contributed by atoms with Gasteiger partial charge >= 0.3 is 5.97 Å². The van der Waals surface area contributed by atoms with Gasteiger partial charge in [-0.15, -0.1) is 0 Å². The Morgan fingerprint density at radius 3 is 2.78 bits per heavy atom. The minimum absolute atomic E-state index is 0.0475. The minimum Gasteiger partial charge on any atom is -0.479 e. The Labute approximate surface area is 159 Å². The molecule has 0 aliphatic heterocycles. The van der Waals surface area contributed by atoms with E-state index in [2.05, 4.69) is 9.97 Å².